The second kappa shape index (κ2) is 9.57. The number of hydrogen-bond donors (Lipinski definition) is 1. The summed E-state index contributed by atoms with van der Waals surface area (Å²) in [6.45, 7) is 12.2. The lowest BCUT2D eigenvalue weighted by atomic mass is 9.86. The summed E-state index contributed by atoms with van der Waals surface area (Å²) in [4.78, 5) is 9.47. The van der Waals surface area contributed by atoms with Crippen molar-refractivity contribution in [1.29, 1.82) is 0 Å². The molecule has 0 aliphatic carbocycles. The molecule has 1 aromatic rings. The Kier molecular flexibility index (Phi) is 7.72. The van der Waals surface area contributed by atoms with Crippen LogP contribution in [0.15, 0.2) is 41.0 Å². The highest BCUT2D eigenvalue weighted by Crippen LogP contribution is 2.27. The van der Waals surface area contributed by atoms with E-state index in [0.29, 0.717) is 27.9 Å². The maximum Gasteiger partial charge on any atom is 0.154 e. The van der Waals surface area contributed by atoms with Gasteiger partial charge in [0.05, 0.1) is 16.6 Å². The number of halogens is 2. The van der Waals surface area contributed by atoms with Crippen molar-refractivity contribution in [2.45, 2.75) is 46.5 Å². The topological polar surface area (TPSA) is 36.8 Å². The molecule has 1 N–H and O–H groups in total. The molecule has 0 fully saturated rings. The van der Waals surface area contributed by atoms with Crippen molar-refractivity contribution in [1.82, 2.24) is 5.32 Å². The molecule has 26 heavy (non-hydrogen) atoms. The van der Waals surface area contributed by atoms with E-state index in [1.807, 2.05) is 12.1 Å². The maximum atomic E-state index is 6.13. The SMILES string of the molecule is C=CNCCC(CCCC(C)(C)C)C1=NC(c2ccc(Cl)c(Cl)c2)=NC1. The lowest BCUT2D eigenvalue weighted by Gasteiger charge is -2.21. The zero-order valence-electron chi connectivity index (χ0n) is 16.0. The molecule has 142 valence electrons. The highest BCUT2D eigenvalue weighted by Gasteiger charge is 2.22. The molecule has 1 aromatic carbocycles. The van der Waals surface area contributed by atoms with Gasteiger partial charge in [-0.3, -0.25) is 4.99 Å². The van der Waals surface area contributed by atoms with Crippen molar-refractivity contribution in [2.75, 3.05) is 13.1 Å². The number of nitrogens with one attached hydrogen (secondary N) is 1. The van der Waals surface area contributed by atoms with Gasteiger partial charge in [0, 0.05) is 23.7 Å². The first-order valence-corrected chi connectivity index (χ1v) is 9.97. The van der Waals surface area contributed by atoms with Crippen LogP contribution in [-0.4, -0.2) is 24.6 Å². The van der Waals surface area contributed by atoms with Crippen molar-refractivity contribution in [2.24, 2.45) is 21.3 Å². The van der Waals surface area contributed by atoms with Gasteiger partial charge in [-0.05, 0) is 49.1 Å². The smallest absolute Gasteiger partial charge is 0.154 e. The minimum atomic E-state index is 0.364. The fourth-order valence-electron chi connectivity index (χ4n) is 3.09. The van der Waals surface area contributed by atoms with Crippen molar-refractivity contribution < 1.29 is 0 Å². The van der Waals surface area contributed by atoms with E-state index in [1.54, 1.807) is 12.3 Å². The minimum Gasteiger partial charge on any atom is -0.391 e. The molecule has 5 heteroatoms. The molecular weight excluding hydrogens is 365 g/mol. The van der Waals surface area contributed by atoms with Crippen LogP contribution in [-0.2, 0) is 0 Å². The van der Waals surface area contributed by atoms with Crippen LogP contribution < -0.4 is 5.32 Å². The number of hydrogen-bond acceptors (Lipinski definition) is 3. The van der Waals surface area contributed by atoms with Gasteiger partial charge in [0.1, 0.15) is 0 Å². The van der Waals surface area contributed by atoms with Crippen molar-refractivity contribution in [3.8, 4) is 0 Å². The van der Waals surface area contributed by atoms with Gasteiger partial charge in [-0.1, -0.05) is 57.0 Å². The van der Waals surface area contributed by atoms with Gasteiger partial charge in [-0.25, -0.2) is 4.99 Å². The molecule has 0 spiro atoms. The molecule has 0 radical (unpaired) electrons. The molecule has 1 heterocycles. The van der Waals surface area contributed by atoms with E-state index in [1.165, 1.54) is 18.6 Å². The van der Waals surface area contributed by atoms with Crippen LogP contribution in [0.3, 0.4) is 0 Å². The molecular formula is C21H29Cl2N3. The number of amidine groups is 1. The quantitative estimate of drug-likeness (QED) is 0.501. The van der Waals surface area contributed by atoms with Gasteiger partial charge in [0.25, 0.3) is 0 Å². The molecule has 0 bridgehead atoms. The predicted octanol–water partition coefficient (Wildman–Crippen LogP) is 6.15. The lowest BCUT2D eigenvalue weighted by Crippen LogP contribution is -2.21. The second-order valence-corrected chi connectivity index (χ2v) is 8.78. The third-order valence-electron chi connectivity index (χ3n) is 4.55. The predicted molar refractivity (Wildman–Crippen MR) is 115 cm³/mol. The van der Waals surface area contributed by atoms with Crippen LogP contribution in [0.4, 0.5) is 0 Å². The first-order valence-electron chi connectivity index (χ1n) is 9.22. The zero-order chi connectivity index (χ0) is 19.2. The van der Waals surface area contributed by atoms with Crippen molar-refractivity contribution in [3.63, 3.8) is 0 Å². The van der Waals surface area contributed by atoms with E-state index in [9.17, 15) is 0 Å². The Labute approximate surface area is 167 Å². The fourth-order valence-corrected chi connectivity index (χ4v) is 3.39. The van der Waals surface area contributed by atoms with Gasteiger partial charge < -0.3 is 5.32 Å². The Morgan fingerprint density at radius 3 is 2.65 bits per heavy atom. The summed E-state index contributed by atoms with van der Waals surface area (Å²) in [6, 6.07) is 5.56. The first kappa shape index (κ1) is 21.0. The van der Waals surface area contributed by atoms with Crippen molar-refractivity contribution >= 4 is 34.7 Å². The Hall–Kier alpha value is -1.32. The second-order valence-electron chi connectivity index (χ2n) is 7.97. The Morgan fingerprint density at radius 1 is 1.23 bits per heavy atom. The van der Waals surface area contributed by atoms with E-state index >= 15 is 0 Å². The Bertz CT molecular complexity index is 687. The van der Waals surface area contributed by atoms with Crippen LogP contribution in [0.2, 0.25) is 10.0 Å². The van der Waals surface area contributed by atoms with Gasteiger partial charge in [0.2, 0.25) is 0 Å². The van der Waals surface area contributed by atoms with Crippen LogP contribution in [0.25, 0.3) is 0 Å². The summed E-state index contributed by atoms with van der Waals surface area (Å²) in [5.41, 5.74) is 2.46. The molecule has 1 aliphatic rings. The molecule has 1 unspecified atom stereocenters. The molecule has 1 atom stereocenters. The number of rotatable bonds is 9. The lowest BCUT2D eigenvalue weighted by molar-refractivity contribution is 0.349. The minimum absolute atomic E-state index is 0.364. The van der Waals surface area contributed by atoms with E-state index in [2.05, 4.69) is 37.7 Å². The fraction of sp³-hybridized carbons (Fsp3) is 0.524. The van der Waals surface area contributed by atoms with E-state index in [0.717, 1.165) is 30.8 Å². The average molecular weight is 394 g/mol. The number of nitrogens with zero attached hydrogens (tertiary/aromatic N) is 2. The zero-order valence-corrected chi connectivity index (χ0v) is 17.5. The number of benzene rings is 1. The molecule has 0 saturated heterocycles. The maximum absolute atomic E-state index is 6.13. The molecule has 2 rings (SSSR count). The van der Waals surface area contributed by atoms with Gasteiger partial charge >= 0.3 is 0 Å². The van der Waals surface area contributed by atoms with Crippen molar-refractivity contribution in [3.05, 3.63) is 46.6 Å². The van der Waals surface area contributed by atoms with Gasteiger partial charge in [-0.2, -0.15) is 0 Å². The van der Waals surface area contributed by atoms with Crippen LogP contribution in [0.1, 0.15) is 52.0 Å². The monoisotopic (exact) mass is 393 g/mol. The Balaban J connectivity index is 2.06. The van der Waals surface area contributed by atoms with E-state index in [-0.39, 0.29) is 0 Å². The van der Waals surface area contributed by atoms with E-state index < -0.39 is 0 Å². The molecule has 1 aliphatic heterocycles. The average Bonchev–Trinajstić information content (AvgIpc) is 3.05. The first-order chi connectivity index (χ1) is 12.3. The largest absolute Gasteiger partial charge is 0.391 e. The van der Waals surface area contributed by atoms with Crippen LogP contribution in [0, 0.1) is 11.3 Å². The molecule has 0 saturated carbocycles. The van der Waals surface area contributed by atoms with Crippen LogP contribution in [0.5, 0.6) is 0 Å². The van der Waals surface area contributed by atoms with Gasteiger partial charge in [0.15, 0.2) is 5.84 Å². The molecule has 3 nitrogen and oxygen atoms in total. The molecule has 0 amide bonds. The third kappa shape index (κ3) is 6.44. The summed E-state index contributed by atoms with van der Waals surface area (Å²) in [5.74, 6) is 1.20. The number of aliphatic imine (C=N–C) groups is 2. The normalized spacial score (nSPS) is 15.4. The standard InChI is InChI=1S/C21H29Cl2N3/c1-5-24-12-10-15(7-6-11-21(2,3)4)19-14-25-20(26-19)16-8-9-17(22)18(23)13-16/h5,8-9,13,15,24H,1,6-7,10-12,14H2,2-4H3. The molecule has 0 aromatic heterocycles. The third-order valence-corrected chi connectivity index (χ3v) is 5.29. The summed E-state index contributed by atoms with van der Waals surface area (Å²) < 4.78 is 0. The van der Waals surface area contributed by atoms with Crippen LogP contribution >= 0.6 is 23.2 Å². The highest BCUT2D eigenvalue weighted by atomic mass is 35.5. The van der Waals surface area contributed by atoms with Gasteiger partial charge in [-0.15, -0.1) is 0 Å². The summed E-state index contributed by atoms with van der Waals surface area (Å²) in [7, 11) is 0. The summed E-state index contributed by atoms with van der Waals surface area (Å²) >= 11 is 12.1. The van der Waals surface area contributed by atoms with E-state index in [4.69, 9.17) is 28.2 Å². The summed E-state index contributed by atoms with van der Waals surface area (Å²) in [5, 5.41) is 4.29. The summed E-state index contributed by atoms with van der Waals surface area (Å²) in [6.07, 6.45) is 6.34. The Morgan fingerprint density at radius 2 is 2.00 bits per heavy atom. The highest BCUT2D eigenvalue weighted by molar-refractivity contribution is 6.42.